The van der Waals surface area contributed by atoms with E-state index in [4.69, 9.17) is 10.5 Å². The number of aromatic nitrogens is 1. The Hall–Kier alpha value is -3.54. The molecule has 1 aromatic heterocycles. The molecular formula is C26H24F3N3O5. The number of benzene rings is 2. The number of nitrogens with one attached hydrogen (secondary N) is 2. The second-order valence-electron chi connectivity index (χ2n) is 9.56. The van der Waals surface area contributed by atoms with Crippen molar-refractivity contribution in [3.63, 3.8) is 0 Å². The van der Waals surface area contributed by atoms with E-state index in [2.05, 4.69) is 10.3 Å². The quantitative estimate of drug-likeness (QED) is 0.383. The van der Waals surface area contributed by atoms with Crippen LogP contribution in [0.4, 0.5) is 13.2 Å². The number of carbonyl (C=O) groups is 2. The molecule has 37 heavy (non-hydrogen) atoms. The molecule has 0 bridgehead atoms. The fraction of sp³-hybridized carbons (Fsp3) is 0.346. The molecule has 5 N–H and O–H groups in total. The maximum atomic E-state index is 13.5. The maximum absolute atomic E-state index is 13.5. The Labute approximate surface area is 208 Å². The van der Waals surface area contributed by atoms with E-state index in [0.29, 0.717) is 35.7 Å². The number of alkyl halides is 3. The monoisotopic (exact) mass is 515 g/mol. The third-order valence-electron chi connectivity index (χ3n) is 7.18. The van der Waals surface area contributed by atoms with Gasteiger partial charge < -0.3 is 20.6 Å². The van der Waals surface area contributed by atoms with Gasteiger partial charge in [0.15, 0.2) is 11.3 Å². The third kappa shape index (κ3) is 4.54. The summed E-state index contributed by atoms with van der Waals surface area (Å²) >= 11 is 0. The fourth-order valence-electron chi connectivity index (χ4n) is 5.19. The van der Waals surface area contributed by atoms with Gasteiger partial charge in [0.25, 0.3) is 5.56 Å². The number of fused-ring (bicyclic) bond motifs is 1. The zero-order valence-corrected chi connectivity index (χ0v) is 19.5. The first-order valence-electron chi connectivity index (χ1n) is 11.8. The van der Waals surface area contributed by atoms with Gasteiger partial charge in [0.05, 0.1) is 11.7 Å². The SMILES string of the molecule is NC1(C(=O)O)CCC(CC2CNC(c3ccc4cc(-c5ccccc5C(F)(F)F)[nH]c(=O)c4c3)O2)C1=O. The summed E-state index contributed by atoms with van der Waals surface area (Å²) in [6.07, 6.45) is -4.72. The molecule has 4 atom stereocenters. The Kier molecular flexibility index (Phi) is 6.17. The van der Waals surface area contributed by atoms with Crippen LogP contribution in [0.1, 0.15) is 36.6 Å². The van der Waals surface area contributed by atoms with E-state index < -0.39 is 46.7 Å². The third-order valence-corrected chi connectivity index (χ3v) is 7.18. The lowest BCUT2D eigenvalue weighted by Gasteiger charge is -2.19. The Balaban J connectivity index is 1.35. The van der Waals surface area contributed by atoms with E-state index in [-0.39, 0.29) is 23.8 Å². The van der Waals surface area contributed by atoms with Crippen LogP contribution in [-0.4, -0.2) is 40.0 Å². The number of rotatable bonds is 5. The molecule has 0 radical (unpaired) electrons. The van der Waals surface area contributed by atoms with Gasteiger partial charge in [-0.15, -0.1) is 0 Å². The van der Waals surface area contributed by atoms with Crippen molar-refractivity contribution in [1.82, 2.24) is 10.3 Å². The van der Waals surface area contributed by atoms with Gasteiger partial charge in [0.1, 0.15) is 6.23 Å². The maximum Gasteiger partial charge on any atom is 0.417 e. The fourth-order valence-corrected chi connectivity index (χ4v) is 5.19. The lowest BCUT2D eigenvalue weighted by Crippen LogP contribution is -2.52. The van der Waals surface area contributed by atoms with Gasteiger partial charge in [-0.1, -0.05) is 30.3 Å². The van der Waals surface area contributed by atoms with Crippen LogP contribution in [0.2, 0.25) is 0 Å². The largest absolute Gasteiger partial charge is 0.480 e. The molecule has 0 spiro atoms. The molecule has 1 saturated carbocycles. The molecule has 11 heteroatoms. The summed E-state index contributed by atoms with van der Waals surface area (Å²) < 4.78 is 46.4. The lowest BCUT2D eigenvalue weighted by molar-refractivity contribution is -0.147. The van der Waals surface area contributed by atoms with Crippen molar-refractivity contribution >= 4 is 22.5 Å². The predicted molar refractivity (Wildman–Crippen MR) is 128 cm³/mol. The number of aromatic amines is 1. The second kappa shape index (κ2) is 9.09. The van der Waals surface area contributed by atoms with E-state index in [1.54, 1.807) is 18.2 Å². The molecule has 1 saturated heterocycles. The minimum atomic E-state index is -4.57. The number of ketones is 1. The molecule has 4 unspecified atom stereocenters. The summed E-state index contributed by atoms with van der Waals surface area (Å²) in [5, 5.41) is 13.2. The number of carbonyl (C=O) groups excluding carboxylic acids is 1. The average Bonchev–Trinajstić information content (AvgIpc) is 3.44. The Morgan fingerprint density at radius 3 is 2.62 bits per heavy atom. The highest BCUT2D eigenvalue weighted by molar-refractivity contribution is 6.10. The first-order chi connectivity index (χ1) is 17.5. The van der Waals surface area contributed by atoms with Crippen LogP contribution in [0.25, 0.3) is 22.0 Å². The van der Waals surface area contributed by atoms with E-state index in [1.165, 1.54) is 24.3 Å². The number of halogens is 3. The molecule has 0 amide bonds. The van der Waals surface area contributed by atoms with Crippen molar-refractivity contribution in [2.24, 2.45) is 11.7 Å². The number of ether oxygens (including phenoxy) is 1. The molecule has 1 aliphatic carbocycles. The molecule has 2 heterocycles. The first kappa shape index (κ1) is 25.1. The highest BCUT2D eigenvalue weighted by atomic mass is 19.4. The Morgan fingerprint density at radius 1 is 1.16 bits per heavy atom. The van der Waals surface area contributed by atoms with Crippen LogP contribution in [0, 0.1) is 5.92 Å². The van der Waals surface area contributed by atoms with Crippen LogP contribution in [0.15, 0.2) is 53.3 Å². The zero-order chi connectivity index (χ0) is 26.5. The van der Waals surface area contributed by atoms with Crippen molar-refractivity contribution in [2.45, 2.75) is 43.3 Å². The molecule has 5 rings (SSSR count). The van der Waals surface area contributed by atoms with Gasteiger partial charge in [-0.2, -0.15) is 13.2 Å². The number of carboxylic acids is 1. The number of hydrogen-bond acceptors (Lipinski definition) is 6. The van der Waals surface area contributed by atoms with Crippen LogP contribution in [0.3, 0.4) is 0 Å². The second-order valence-corrected chi connectivity index (χ2v) is 9.56. The van der Waals surface area contributed by atoms with E-state index in [9.17, 15) is 32.7 Å². The van der Waals surface area contributed by atoms with Gasteiger partial charge in [-0.25, -0.2) is 4.79 Å². The number of Topliss-reactive ketones (excluding diaryl/α,β-unsaturated/α-hetero) is 1. The summed E-state index contributed by atoms with van der Waals surface area (Å²) in [7, 11) is 0. The van der Waals surface area contributed by atoms with Gasteiger partial charge in [0.2, 0.25) is 0 Å². The minimum absolute atomic E-state index is 0.0621. The lowest BCUT2D eigenvalue weighted by atomic mass is 9.93. The van der Waals surface area contributed by atoms with Gasteiger partial charge in [-0.05, 0) is 48.4 Å². The highest BCUT2D eigenvalue weighted by Crippen LogP contribution is 2.37. The topological polar surface area (TPSA) is 135 Å². The summed E-state index contributed by atoms with van der Waals surface area (Å²) in [5.74, 6) is -2.33. The number of hydrogen-bond donors (Lipinski definition) is 4. The van der Waals surface area contributed by atoms with Crippen molar-refractivity contribution < 1.29 is 32.6 Å². The van der Waals surface area contributed by atoms with Crippen LogP contribution < -0.4 is 16.6 Å². The van der Waals surface area contributed by atoms with Crippen molar-refractivity contribution in [1.29, 1.82) is 0 Å². The summed E-state index contributed by atoms with van der Waals surface area (Å²) in [6, 6.07) is 11.5. The summed E-state index contributed by atoms with van der Waals surface area (Å²) in [6.45, 7) is 0.417. The Bertz CT molecular complexity index is 1450. The molecule has 2 aliphatic rings. The van der Waals surface area contributed by atoms with Gasteiger partial charge in [-0.3, -0.25) is 14.9 Å². The van der Waals surface area contributed by atoms with Crippen molar-refractivity contribution in [3.05, 3.63) is 70.0 Å². The van der Waals surface area contributed by atoms with Crippen molar-refractivity contribution in [3.8, 4) is 11.3 Å². The van der Waals surface area contributed by atoms with Gasteiger partial charge >= 0.3 is 12.1 Å². The molecule has 2 aromatic carbocycles. The molecule has 1 aliphatic heterocycles. The standard InChI is InChI=1S/C26H24F3N3O5/c27-26(28,29)19-4-2-1-3-17(19)20-11-13-5-6-15(10-18(13)22(34)32-20)23-31-12-16(37-23)9-14-7-8-25(30,21(14)33)24(35)36/h1-6,10-11,14,16,23,31H,7-9,12,30H2,(H,32,34)(H,35,36). The predicted octanol–water partition coefficient (Wildman–Crippen LogP) is 3.35. The summed E-state index contributed by atoms with van der Waals surface area (Å²) in [4.78, 5) is 39.3. The number of H-pyrrole nitrogens is 1. The number of carboxylic acid groups (broad SMARTS) is 1. The minimum Gasteiger partial charge on any atom is -0.480 e. The first-order valence-corrected chi connectivity index (χ1v) is 11.8. The normalized spacial score (nSPS) is 26.2. The van der Waals surface area contributed by atoms with Crippen LogP contribution in [0.5, 0.6) is 0 Å². The van der Waals surface area contributed by atoms with Crippen LogP contribution >= 0.6 is 0 Å². The summed E-state index contributed by atoms with van der Waals surface area (Å²) in [5.41, 5.74) is 3.13. The molecule has 2 fully saturated rings. The molecule has 3 aromatic rings. The highest BCUT2D eigenvalue weighted by Gasteiger charge is 2.51. The smallest absolute Gasteiger partial charge is 0.417 e. The van der Waals surface area contributed by atoms with Crippen molar-refractivity contribution in [2.75, 3.05) is 6.54 Å². The zero-order valence-electron chi connectivity index (χ0n) is 19.5. The number of nitrogens with two attached hydrogens (primary N) is 1. The van der Waals surface area contributed by atoms with Crippen LogP contribution in [-0.2, 0) is 20.5 Å². The molecule has 194 valence electrons. The molecule has 8 nitrogen and oxygen atoms in total. The number of aliphatic carboxylic acids is 1. The van der Waals surface area contributed by atoms with Gasteiger partial charge in [0, 0.05) is 29.1 Å². The Morgan fingerprint density at radius 2 is 1.92 bits per heavy atom. The number of pyridine rings is 1. The molecular weight excluding hydrogens is 491 g/mol. The average molecular weight is 515 g/mol. The van der Waals surface area contributed by atoms with E-state index in [0.717, 1.165) is 6.07 Å². The van der Waals surface area contributed by atoms with E-state index >= 15 is 0 Å². The van der Waals surface area contributed by atoms with E-state index in [1.807, 2.05) is 0 Å².